The Balaban J connectivity index is 1.68. The molecule has 0 unspecified atom stereocenters. The van der Waals surface area contributed by atoms with Gasteiger partial charge in [-0.05, 0) is 49.2 Å². The zero-order chi connectivity index (χ0) is 22.8. The minimum atomic E-state index is 0.0734. The Kier molecular flexibility index (Phi) is 5.52. The third-order valence-corrected chi connectivity index (χ3v) is 5.94. The first-order chi connectivity index (χ1) is 16.2. The van der Waals surface area contributed by atoms with Gasteiger partial charge in [-0.15, -0.1) is 0 Å². The topological polar surface area (TPSA) is 84.5 Å². The lowest BCUT2D eigenvalue weighted by Crippen LogP contribution is -2.29. The van der Waals surface area contributed by atoms with Gasteiger partial charge in [0.1, 0.15) is 5.75 Å². The Hall–Kier alpha value is -4.13. The van der Waals surface area contributed by atoms with Crippen molar-refractivity contribution in [3.05, 3.63) is 66.2 Å². The highest BCUT2D eigenvalue weighted by Crippen LogP contribution is 2.35. The first-order valence-electron chi connectivity index (χ1n) is 10.8. The molecule has 0 fully saturated rings. The lowest BCUT2D eigenvalue weighted by atomic mass is 9.98. The number of nitrogens with one attached hydrogen (secondary N) is 1. The van der Waals surface area contributed by atoms with E-state index in [0.717, 1.165) is 46.0 Å². The number of carbonyl (C=O) groups is 2. The number of H-pyrrole nitrogens is 1. The lowest BCUT2D eigenvalue weighted by molar-refractivity contribution is -0.130. The van der Waals surface area contributed by atoms with Gasteiger partial charge in [0.25, 0.3) is 0 Å². The van der Waals surface area contributed by atoms with Crippen LogP contribution < -0.4 is 9.80 Å². The summed E-state index contributed by atoms with van der Waals surface area (Å²) in [6.07, 6.45) is 4.11. The predicted octanol–water partition coefficient (Wildman–Crippen LogP) is 4.97. The molecule has 166 valence electrons. The number of Topliss-reactive ketones (excluding diaryl/α,β-unsaturated/α-hetero) is 1. The summed E-state index contributed by atoms with van der Waals surface area (Å²) in [7, 11) is 1.62. The first kappa shape index (κ1) is 20.8. The Labute approximate surface area is 190 Å². The van der Waals surface area contributed by atoms with Crippen molar-refractivity contribution in [2.75, 3.05) is 18.7 Å². The van der Waals surface area contributed by atoms with Crippen molar-refractivity contribution in [2.45, 2.75) is 19.3 Å². The molecule has 0 atom stereocenters. The van der Waals surface area contributed by atoms with Gasteiger partial charge in [0, 0.05) is 33.8 Å². The van der Waals surface area contributed by atoms with Gasteiger partial charge in [0.2, 0.25) is 0 Å². The number of ether oxygens (including phenoxy) is 1. The van der Waals surface area contributed by atoms with Crippen LogP contribution in [0.2, 0.25) is 0 Å². The summed E-state index contributed by atoms with van der Waals surface area (Å²) in [6, 6.07) is 17.5. The number of hydrogen-bond donors (Lipinski definition) is 1. The second kappa shape index (κ2) is 8.78. The molecule has 5 rings (SSSR count). The molecular weight excluding hydrogens is 418 g/mol. The Bertz CT molecular complexity index is 1370. The normalized spacial score (nSPS) is 13.7. The molecule has 0 bridgehead atoms. The summed E-state index contributed by atoms with van der Waals surface area (Å²) in [5.41, 5.74) is 4.09. The first-order valence-corrected chi connectivity index (χ1v) is 10.8. The number of rotatable bonds is 7. The van der Waals surface area contributed by atoms with Crippen LogP contribution in [0.15, 0.2) is 66.2 Å². The number of para-hydroxylation sites is 1. The molecule has 0 amide bonds. The van der Waals surface area contributed by atoms with Crippen molar-refractivity contribution in [1.82, 2.24) is 9.97 Å². The molecule has 1 N–H and O–H groups in total. The molecule has 2 heterocycles. The number of hydroxylamine groups is 1. The van der Waals surface area contributed by atoms with Crippen molar-refractivity contribution in [3.63, 3.8) is 0 Å². The zero-order valence-corrected chi connectivity index (χ0v) is 18.2. The largest absolute Gasteiger partial charge is 0.497 e. The van der Waals surface area contributed by atoms with E-state index in [9.17, 15) is 9.59 Å². The molecular formula is C26H23N3O4. The van der Waals surface area contributed by atoms with Crippen molar-refractivity contribution >= 4 is 39.9 Å². The number of aromatic nitrogens is 2. The number of aromatic amines is 1. The molecule has 4 aromatic rings. The number of carbonyl (C=O) groups excluding carboxylic acids is 2. The van der Waals surface area contributed by atoms with Gasteiger partial charge in [-0.1, -0.05) is 24.3 Å². The summed E-state index contributed by atoms with van der Waals surface area (Å²) in [4.78, 5) is 37.4. The van der Waals surface area contributed by atoms with E-state index in [2.05, 4.69) is 4.98 Å². The van der Waals surface area contributed by atoms with Gasteiger partial charge in [0.15, 0.2) is 11.6 Å². The average molecular weight is 441 g/mol. The third-order valence-electron chi connectivity index (χ3n) is 5.94. The fourth-order valence-electron chi connectivity index (χ4n) is 4.26. The van der Waals surface area contributed by atoms with Crippen LogP contribution in [0.3, 0.4) is 0 Å². The van der Waals surface area contributed by atoms with E-state index in [-0.39, 0.29) is 12.3 Å². The molecule has 7 nitrogen and oxygen atoms in total. The fraction of sp³-hybridized carbons (Fsp3) is 0.192. The van der Waals surface area contributed by atoms with E-state index < -0.39 is 0 Å². The van der Waals surface area contributed by atoms with Gasteiger partial charge >= 0.3 is 6.47 Å². The number of fused-ring (bicyclic) bond motifs is 3. The van der Waals surface area contributed by atoms with Crippen molar-refractivity contribution in [2.24, 2.45) is 0 Å². The van der Waals surface area contributed by atoms with Crippen LogP contribution in [0, 0.1) is 0 Å². The molecule has 1 aliphatic rings. The number of benzene rings is 2. The number of allylic oxidation sites excluding steroid dienone is 1. The lowest BCUT2D eigenvalue weighted by Gasteiger charge is -2.23. The summed E-state index contributed by atoms with van der Waals surface area (Å²) in [5.74, 6) is 1.27. The van der Waals surface area contributed by atoms with Crippen LogP contribution in [-0.4, -0.2) is 35.9 Å². The molecule has 33 heavy (non-hydrogen) atoms. The number of nitrogens with zero attached hydrogens (tertiary/aromatic N) is 2. The standard InChI is InChI=1S/C26H23N3O4/c1-32-19-12-10-17(11-13-19)25-26-21(20-7-3-4-8-22(20)27-26)14-24(28-25)29(33-16-30)15-18-6-2-5-9-23(18)31/h3-4,6-8,10-14,16,27H,2,5,9,15H2,1H3. The molecule has 7 heteroatoms. The van der Waals surface area contributed by atoms with Crippen LogP contribution in [-0.2, 0) is 14.4 Å². The summed E-state index contributed by atoms with van der Waals surface area (Å²) in [5, 5.41) is 3.37. The fourth-order valence-corrected chi connectivity index (χ4v) is 4.26. The van der Waals surface area contributed by atoms with Crippen LogP contribution in [0.5, 0.6) is 5.75 Å². The second-order valence-corrected chi connectivity index (χ2v) is 7.93. The van der Waals surface area contributed by atoms with E-state index in [1.54, 1.807) is 7.11 Å². The van der Waals surface area contributed by atoms with Gasteiger partial charge < -0.3 is 14.6 Å². The highest BCUT2D eigenvalue weighted by molar-refractivity contribution is 6.12. The number of anilines is 1. The Morgan fingerprint density at radius 2 is 1.94 bits per heavy atom. The zero-order valence-electron chi connectivity index (χ0n) is 18.2. The van der Waals surface area contributed by atoms with E-state index in [4.69, 9.17) is 14.6 Å². The number of methoxy groups -OCH3 is 1. The molecule has 2 aromatic heterocycles. The van der Waals surface area contributed by atoms with Crippen LogP contribution in [0.25, 0.3) is 33.1 Å². The number of pyridine rings is 1. The number of hydrogen-bond acceptors (Lipinski definition) is 6. The minimum absolute atomic E-state index is 0.0734. The predicted molar refractivity (Wildman–Crippen MR) is 127 cm³/mol. The van der Waals surface area contributed by atoms with E-state index >= 15 is 0 Å². The highest BCUT2D eigenvalue weighted by atomic mass is 16.7. The molecule has 1 aliphatic carbocycles. The van der Waals surface area contributed by atoms with E-state index in [1.807, 2.05) is 60.7 Å². The SMILES string of the molecule is COc1ccc(-c2nc(N(CC3=CCCCC3=O)OC=O)cc3c2[nH]c2ccccc23)cc1. The smallest absolute Gasteiger partial charge is 0.320 e. The molecule has 2 aromatic carbocycles. The van der Waals surface area contributed by atoms with Gasteiger partial charge in [0.05, 0.1) is 24.9 Å². The maximum Gasteiger partial charge on any atom is 0.320 e. The molecule has 0 saturated carbocycles. The van der Waals surface area contributed by atoms with Crippen molar-refractivity contribution in [3.8, 4) is 17.0 Å². The molecule has 0 saturated heterocycles. The number of ketones is 1. The summed E-state index contributed by atoms with van der Waals surface area (Å²) < 4.78 is 5.30. The van der Waals surface area contributed by atoms with Gasteiger partial charge in [-0.2, -0.15) is 5.06 Å². The van der Waals surface area contributed by atoms with Gasteiger partial charge in [-0.25, -0.2) is 4.98 Å². The minimum Gasteiger partial charge on any atom is -0.497 e. The third kappa shape index (κ3) is 3.93. The van der Waals surface area contributed by atoms with Crippen LogP contribution in [0.1, 0.15) is 19.3 Å². The monoisotopic (exact) mass is 441 g/mol. The molecule has 0 radical (unpaired) electrons. The Morgan fingerprint density at radius 1 is 1.12 bits per heavy atom. The van der Waals surface area contributed by atoms with Crippen LogP contribution in [0.4, 0.5) is 5.82 Å². The maximum absolute atomic E-state index is 12.4. The summed E-state index contributed by atoms with van der Waals surface area (Å²) >= 11 is 0. The quantitative estimate of drug-likeness (QED) is 0.322. The van der Waals surface area contributed by atoms with Gasteiger partial charge in [-0.3, -0.25) is 9.59 Å². The Morgan fingerprint density at radius 3 is 2.70 bits per heavy atom. The van der Waals surface area contributed by atoms with Crippen LogP contribution >= 0.6 is 0 Å². The molecule has 0 aliphatic heterocycles. The maximum atomic E-state index is 12.4. The van der Waals surface area contributed by atoms with Crippen molar-refractivity contribution < 1.29 is 19.2 Å². The second-order valence-electron chi connectivity index (χ2n) is 7.93. The highest BCUT2D eigenvalue weighted by Gasteiger charge is 2.22. The molecule has 0 spiro atoms. The average Bonchev–Trinajstić information content (AvgIpc) is 3.23. The van der Waals surface area contributed by atoms with E-state index in [1.165, 1.54) is 5.06 Å². The van der Waals surface area contributed by atoms with E-state index in [0.29, 0.717) is 30.0 Å². The summed E-state index contributed by atoms with van der Waals surface area (Å²) in [6.45, 7) is 0.516. The van der Waals surface area contributed by atoms with Crippen molar-refractivity contribution in [1.29, 1.82) is 0 Å².